The lowest BCUT2D eigenvalue weighted by atomic mass is 10.1. The first-order chi connectivity index (χ1) is 13.9. The molecule has 0 radical (unpaired) electrons. The van der Waals surface area contributed by atoms with E-state index in [2.05, 4.69) is 5.32 Å². The van der Waals surface area contributed by atoms with Crippen LogP contribution in [0.3, 0.4) is 0 Å². The number of amides is 1. The molecule has 1 aliphatic heterocycles. The summed E-state index contributed by atoms with van der Waals surface area (Å²) in [6.07, 6.45) is 0.537. The molecule has 0 fully saturated rings. The van der Waals surface area contributed by atoms with Crippen molar-refractivity contribution in [3.05, 3.63) is 87.9 Å². The molecule has 148 valence electrons. The SMILES string of the molecule is O=C(Nc1ccc(Cl)c(Cl)c1)c1ccc2c(c1)CCN2S(=O)(=O)c1ccccc1. The Labute approximate surface area is 178 Å². The molecular formula is C21H16Cl2N2O3S. The van der Waals surface area contributed by atoms with Crippen LogP contribution in [0.5, 0.6) is 0 Å². The molecule has 3 aromatic rings. The Morgan fingerprint density at radius 1 is 0.931 bits per heavy atom. The molecule has 1 aliphatic rings. The minimum absolute atomic E-state index is 0.245. The van der Waals surface area contributed by atoms with Crippen molar-refractivity contribution >= 4 is 50.5 Å². The van der Waals surface area contributed by atoms with Gasteiger partial charge in [-0.25, -0.2) is 8.42 Å². The lowest BCUT2D eigenvalue weighted by Gasteiger charge is -2.19. The van der Waals surface area contributed by atoms with Crippen molar-refractivity contribution < 1.29 is 13.2 Å². The van der Waals surface area contributed by atoms with Crippen molar-refractivity contribution in [1.29, 1.82) is 0 Å². The number of anilines is 2. The number of hydrogen-bond donors (Lipinski definition) is 1. The summed E-state index contributed by atoms with van der Waals surface area (Å²) >= 11 is 11.9. The van der Waals surface area contributed by atoms with Crippen molar-refractivity contribution in [2.75, 3.05) is 16.2 Å². The van der Waals surface area contributed by atoms with Crippen LogP contribution < -0.4 is 9.62 Å². The van der Waals surface area contributed by atoms with Gasteiger partial charge in [-0.3, -0.25) is 9.10 Å². The molecular weight excluding hydrogens is 431 g/mol. The van der Waals surface area contributed by atoms with E-state index in [9.17, 15) is 13.2 Å². The fourth-order valence-electron chi connectivity index (χ4n) is 3.26. The van der Waals surface area contributed by atoms with E-state index in [1.807, 2.05) is 0 Å². The maximum Gasteiger partial charge on any atom is 0.264 e. The fraction of sp³-hybridized carbons (Fsp3) is 0.0952. The van der Waals surface area contributed by atoms with Gasteiger partial charge >= 0.3 is 0 Å². The van der Waals surface area contributed by atoms with Crippen LogP contribution in [0.1, 0.15) is 15.9 Å². The van der Waals surface area contributed by atoms with Gasteiger partial charge in [-0.05, 0) is 60.5 Å². The van der Waals surface area contributed by atoms with Crippen molar-refractivity contribution in [2.45, 2.75) is 11.3 Å². The van der Waals surface area contributed by atoms with E-state index < -0.39 is 10.0 Å². The highest BCUT2D eigenvalue weighted by Gasteiger charge is 2.31. The fourth-order valence-corrected chi connectivity index (χ4v) is 5.08. The van der Waals surface area contributed by atoms with Crippen LogP contribution in [0.15, 0.2) is 71.6 Å². The lowest BCUT2D eigenvalue weighted by molar-refractivity contribution is 0.102. The zero-order valence-corrected chi connectivity index (χ0v) is 17.4. The van der Waals surface area contributed by atoms with Gasteiger partial charge in [-0.1, -0.05) is 41.4 Å². The standard InChI is InChI=1S/C21H16Cl2N2O3S/c22-18-8-7-16(13-19(18)23)24-21(26)15-6-9-20-14(12-15)10-11-25(20)29(27,28)17-4-2-1-3-5-17/h1-9,12-13H,10-11H2,(H,24,26). The summed E-state index contributed by atoms with van der Waals surface area (Å²) in [6, 6.07) is 18.2. The molecule has 1 amide bonds. The number of sulfonamides is 1. The molecule has 1 N–H and O–H groups in total. The smallest absolute Gasteiger partial charge is 0.264 e. The normalized spacial score (nSPS) is 13.2. The Hall–Kier alpha value is -2.54. The topological polar surface area (TPSA) is 66.5 Å². The molecule has 5 nitrogen and oxygen atoms in total. The van der Waals surface area contributed by atoms with Crippen LogP contribution in [-0.4, -0.2) is 20.9 Å². The molecule has 0 saturated heterocycles. The second-order valence-electron chi connectivity index (χ2n) is 6.57. The van der Waals surface area contributed by atoms with Crippen LogP contribution in [0, 0.1) is 0 Å². The van der Waals surface area contributed by atoms with Gasteiger partial charge in [-0.2, -0.15) is 0 Å². The third-order valence-electron chi connectivity index (χ3n) is 4.70. The number of rotatable bonds is 4. The predicted octanol–water partition coefficient (Wildman–Crippen LogP) is 5.00. The van der Waals surface area contributed by atoms with Crippen LogP contribution in [0.4, 0.5) is 11.4 Å². The number of carbonyl (C=O) groups is 1. The van der Waals surface area contributed by atoms with E-state index >= 15 is 0 Å². The maximum absolute atomic E-state index is 12.9. The van der Waals surface area contributed by atoms with E-state index in [0.717, 1.165) is 5.56 Å². The van der Waals surface area contributed by atoms with E-state index in [4.69, 9.17) is 23.2 Å². The Balaban J connectivity index is 1.58. The summed E-state index contributed by atoms with van der Waals surface area (Å²) in [5.74, 6) is -0.310. The molecule has 4 rings (SSSR count). The molecule has 0 spiro atoms. The highest BCUT2D eigenvalue weighted by Crippen LogP contribution is 2.34. The average molecular weight is 447 g/mol. The zero-order chi connectivity index (χ0) is 20.6. The second kappa shape index (κ2) is 7.71. The number of nitrogens with zero attached hydrogens (tertiary/aromatic N) is 1. The third kappa shape index (κ3) is 3.83. The molecule has 29 heavy (non-hydrogen) atoms. The van der Waals surface area contributed by atoms with E-state index in [1.165, 1.54) is 4.31 Å². The Bertz CT molecular complexity index is 1200. The monoisotopic (exact) mass is 446 g/mol. The molecule has 0 bridgehead atoms. The summed E-state index contributed by atoms with van der Waals surface area (Å²) in [6.45, 7) is 0.338. The summed E-state index contributed by atoms with van der Waals surface area (Å²) in [4.78, 5) is 12.8. The van der Waals surface area contributed by atoms with Gasteiger partial charge in [0.15, 0.2) is 0 Å². The Morgan fingerprint density at radius 2 is 1.69 bits per heavy atom. The molecule has 8 heteroatoms. The van der Waals surface area contributed by atoms with Gasteiger partial charge in [0, 0.05) is 17.8 Å². The zero-order valence-electron chi connectivity index (χ0n) is 15.1. The van der Waals surface area contributed by atoms with Gasteiger partial charge in [0.25, 0.3) is 15.9 Å². The van der Waals surface area contributed by atoms with Crippen LogP contribution in [-0.2, 0) is 16.4 Å². The summed E-state index contributed by atoms with van der Waals surface area (Å²) in [7, 11) is -3.64. The van der Waals surface area contributed by atoms with Crippen molar-refractivity contribution in [2.24, 2.45) is 0 Å². The molecule has 3 aromatic carbocycles. The number of carbonyl (C=O) groups excluding carboxylic acids is 1. The van der Waals surface area contributed by atoms with Crippen LogP contribution in [0.25, 0.3) is 0 Å². The van der Waals surface area contributed by atoms with Gasteiger partial charge in [0.05, 0.1) is 20.6 Å². The number of nitrogens with one attached hydrogen (secondary N) is 1. The van der Waals surface area contributed by atoms with Crippen molar-refractivity contribution in [3.8, 4) is 0 Å². The first-order valence-corrected chi connectivity index (χ1v) is 11.0. The highest BCUT2D eigenvalue weighted by molar-refractivity contribution is 7.92. The summed E-state index contributed by atoms with van der Waals surface area (Å²) in [5.41, 5.74) is 2.37. The number of halogens is 2. The third-order valence-corrected chi connectivity index (χ3v) is 7.27. The van der Waals surface area contributed by atoms with Gasteiger partial charge in [0.1, 0.15) is 0 Å². The lowest BCUT2D eigenvalue weighted by Crippen LogP contribution is -2.29. The summed E-state index contributed by atoms with van der Waals surface area (Å²) in [5, 5.41) is 3.52. The Morgan fingerprint density at radius 3 is 2.41 bits per heavy atom. The average Bonchev–Trinajstić information content (AvgIpc) is 3.15. The van der Waals surface area contributed by atoms with Gasteiger partial charge in [0.2, 0.25) is 0 Å². The largest absolute Gasteiger partial charge is 0.322 e. The van der Waals surface area contributed by atoms with Crippen molar-refractivity contribution in [1.82, 2.24) is 0 Å². The molecule has 0 unspecified atom stereocenters. The number of hydrogen-bond acceptors (Lipinski definition) is 3. The van der Waals surface area contributed by atoms with E-state index in [-0.39, 0.29) is 10.8 Å². The minimum Gasteiger partial charge on any atom is -0.322 e. The van der Waals surface area contributed by atoms with Gasteiger partial charge < -0.3 is 5.32 Å². The van der Waals surface area contributed by atoms with Crippen molar-refractivity contribution in [3.63, 3.8) is 0 Å². The minimum atomic E-state index is -3.64. The molecule has 0 aromatic heterocycles. The molecule has 1 heterocycles. The molecule has 0 saturated carbocycles. The second-order valence-corrected chi connectivity index (χ2v) is 9.24. The first kappa shape index (κ1) is 19.8. The van der Waals surface area contributed by atoms with Crippen LogP contribution in [0.2, 0.25) is 10.0 Å². The quantitative estimate of drug-likeness (QED) is 0.613. The van der Waals surface area contributed by atoms with E-state index in [1.54, 1.807) is 66.7 Å². The number of benzene rings is 3. The summed E-state index contributed by atoms with van der Waals surface area (Å²) < 4.78 is 27.3. The first-order valence-electron chi connectivity index (χ1n) is 8.83. The maximum atomic E-state index is 12.9. The van der Waals surface area contributed by atoms with Crippen LogP contribution >= 0.6 is 23.2 Å². The Kier molecular flexibility index (Phi) is 5.25. The molecule has 0 aliphatic carbocycles. The number of fused-ring (bicyclic) bond motifs is 1. The van der Waals surface area contributed by atoms with Gasteiger partial charge in [-0.15, -0.1) is 0 Å². The molecule has 0 atom stereocenters. The highest BCUT2D eigenvalue weighted by atomic mass is 35.5. The van der Waals surface area contributed by atoms with E-state index in [0.29, 0.717) is 39.9 Å². The predicted molar refractivity (Wildman–Crippen MR) is 116 cm³/mol.